The Hall–Kier alpha value is -1.02. The van der Waals surface area contributed by atoms with Crippen LogP contribution in [0.5, 0.6) is 0 Å². The Balaban J connectivity index is 1.65. The second-order valence-corrected chi connectivity index (χ2v) is 4.62. The highest BCUT2D eigenvalue weighted by atomic mass is 15.0. The molecule has 3 N–H and O–H groups in total. The maximum atomic E-state index is 5.72. The number of aryl methyl sites for hydroxylation is 1. The van der Waals surface area contributed by atoms with Gasteiger partial charge in [0, 0.05) is 11.7 Å². The van der Waals surface area contributed by atoms with Crippen LogP contribution < -0.4 is 11.1 Å². The van der Waals surface area contributed by atoms with Crippen molar-refractivity contribution < 1.29 is 0 Å². The summed E-state index contributed by atoms with van der Waals surface area (Å²) < 4.78 is 0. The number of hydrogen-bond acceptors (Lipinski definition) is 2. The topological polar surface area (TPSA) is 38.0 Å². The van der Waals surface area contributed by atoms with Crippen molar-refractivity contribution in [3.05, 3.63) is 29.8 Å². The smallest absolute Gasteiger partial charge is 0.0316 e. The largest absolute Gasteiger partial charge is 0.399 e. The van der Waals surface area contributed by atoms with E-state index in [-0.39, 0.29) is 0 Å². The number of hydrogen-bond donors (Lipinski definition) is 2. The van der Waals surface area contributed by atoms with Crippen molar-refractivity contribution in [2.45, 2.75) is 32.2 Å². The summed E-state index contributed by atoms with van der Waals surface area (Å²) in [5.74, 6) is 0.900. The Morgan fingerprint density at radius 1 is 1.47 bits per heavy atom. The predicted molar refractivity (Wildman–Crippen MR) is 64.7 cm³/mol. The first kappa shape index (κ1) is 10.5. The van der Waals surface area contributed by atoms with Crippen molar-refractivity contribution in [1.82, 2.24) is 5.32 Å². The lowest BCUT2D eigenvalue weighted by molar-refractivity contribution is 0.622. The Morgan fingerprint density at radius 3 is 2.93 bits per heavy atom. The molecule has 0 radical (unpaired) electrons. The summed E-state index contributed by atoms with van der Waals surface area (Å²) in [6.07, 6.45) is 3.68. The van der Waals surface area contributed by atoms with Crippen LogP contribution >= 0.6 is 0 Å². The molecule has 2 atom stereocenters. The number of nitrogens with two attached hydrogens (primary N) is 1. The monoisotopic (exact) mass is 204 g/mol. The van der Waals surface area contributed by atoms with Crippen molar-refractivity contribution in [2.75, 3.05) is 12.3 Å². The lowest BCUT2D eigenvalue weighted by atomic mass is 10.1. The fourth-order valence-corrected chi connectivity index (χ4v) is 1.94. The van der Waals surface area contributed by atoms with Gasteiger partial charge in [0.05, 0.1) is 0 Å². The zero-order chi connectivity index (χ0) is 10.7. The third kappa shape index (κ3) is 3.24. The molecule has 0 aromatic heterocycles. The zero-order valence-electron chi connectivity index (χ0n) is 9.37. The van der Waals surface area contributed by atoms with Crippen LogP contribution in [0.2, 0.25) is 0 Å². The summed E-state index contributed by atoms with van der Waals surface area (Å²) in [5.41, 5.74) is 7.94. The van der Waals surface area contributed by atoms with E-state index in [0.717, 1.165) is 30.6 Å². The summed E-state index contributed by atoms with van der Waals surface area (Å²) in [7, 11) is 0. The highest BCUT2D eigenvalue weighted by molar-refractivity contribution is 5.40. The number of benzene rings is 1. The number of rotatable bonds is 5. The highest BCUT2D eigenvalue weighted by Gasteiger charge is 2.31. The van der Waals surface area contributed by atoms with Crippen molar-refractivity contribution in [3.8, 4) is 0 Å². The lowest BCUT2D eigenvalue weighted by Crippen LogP contribution is -2.19. The third-order valence-electron chi connectivity index (χ3n) is 3.11. The first-order chi connectivity index (χ1) is 7.25. The minimum absolute atomic E-state index is 0.797. The summed E-state index contributed by atoms with van der Waals surface area (Å²) in [6.45, 7) is 3.43. The molecule has 1 aromatic rings. The van der Waals surface area contributed by atoms with Gasteiger partial charge >= 0.3 is 0 Å². The normalized spacial score (nSPS) is 24.1. The van der Waals surface area contributed by atoms with Crippen LogP contribution in [0.3, 0.4) is 0 Å². The van der Waals surface area contributed by atoms with E-state index in [4.69, 9.17) is 5.73 Å². The summed E-state index contributed by atoms with van der Waals surface area (Å²) in [5, 5.41) is 3.56. The predicted octanol–water partition coefficient (Wildman–Crippen LogP) is 2.20. The molecule has 82 valence electrons. The maximum absolute atomic E-state index is 5.72. The van der Waals surface area contributed by atoms with E-state index in [2.05, 4.69) is 24.4 Å². The SMILES string of the molecule is CC1CC1NCCCc1cccc(N)c1. The molecular weight excluding hydrogens is 184 g/mol. The van der Waals surface area contributed by atoms with Gasteiger partial charge in [-0.1, -0.05) is 19.1 Å². The molecule has 0 bridgehead atoms. The number of nitrogen functional groups attached to an aromatic ring is 1. The third-order valence-corrected chi connectivity index (χ3v) is 3.11. The summed E-state index contributed by atoms with van der Waals surface area (Å²) in [6, 6.07) is 8.98. The molecule has 2 rings (SSSR count). The molecule has 1 aromatic carbocycles. The first-order valence-corrected chi connectivity index (χ1v) is 5.83. The second-order valence-electron chi connectivity index (χ2n) is 4.62. The minimum Gasteiger partial charge on any atom is -0.399 e. The fourth-order valence-electron chi connectivity index (χ4n) is 1.94. The Kier molecular flexibility index (Phi) is 3.27. The molecule has 1 aliphatic rings. The van der Waals surface area contributed by atoms with Gasteiger partial charge in [-0.05, 0) is 49.4 Å². The van der Waals surface area contributed by atoms with Gasteiger partial charge in [-0.25, -0.2) is 0 Å². The Bertz CT molecular complexity index is 322. The first-order valence-electron chi connectivity index (χ1n) is 5.83. The van der Waals surface area contributed by atoms with Gasteiger partial charge in [0.2, 0.25) is 0 Å². The van der Waals surface area contributed by atoms with Crippen molar-refractivity contribution >= 4 is 5.69 Å². The van der Waals surface area contributed by atoms with Crippen LogP contribution in [0.15, 0.2) is 24.3 Å². The Labute approximate surface area is 91.9 Å². The molecule has 1 fully saturated rings. The molecule has 15 heavy (non-hydrogen) atoms. The second kappa shape index (κ2) is 4.67. The minimum atomic E-state index is 0.797. The van der Waals surface area contributed by atoms with Crippen molar-refractivity contribution in [3.63, 3.8) is 0 Å². The molecule has 1 aliphatic carbocycles. The van der Waals surface area contributed by atoms with Crippen LogP contribution in [-0.4, -0.2) is 12.6 Å². The van der Waals surface area contributed by atoms with E-state index < -0.39 is 0 Å². The van der Waals surface area contributed by atoms with E-state index in [0.29, 0.717) is 0 Å². The van der Waals surface area contributed by atoms with E-state index in [1.807, 2.05) is 12.1 Å². The molecule has 0 saturated heterocycles. The standard InChI is InChI=1S/C13H20N2/c1-10-8-13(10)15-7-3-5-11-4-2-6-12(14)9-11/h2,4,6,9-10,13,15H,3,5,7-8,14H2,1H3. The van der Waals surface area contributed by atoms with E-state index in [1.165, 1.54) is 18.4 Å². The van der Waals surface area contributed by atoms with Gasteiger partial charge in [0.25, 0.3) is 0 Å². The molecule has 2 nitrogen and oxygen atoms in total. The molecule has 1 saturated carbocycles. The van der Waals surface area contributed by atoms with Crippen molar-refractivity contribution in [2.24, 2.45) is 5.92 Å². The van der Waals surface area contributed by atoms with E-state index in [1.54, 1.807) is 0 Å². The van der Waals surface area contributed by atoms with Gasteiger partial charge in [-0.2, -0.15) is 0 Å². The van der Waals surface area contributed by atoms with Gasteiger partial charge in [-0.3, -0.25) is 0 Å². The molecule has 0 heterocycles. The van der Waals surface area contributed by atoms with Crippen LogP contribution in [0.4, 0.5) is 5.69 Å². The van der Waals surface area contributed by atoms with Gasteiger partial charge in [-0.15, -0.1) is 0 Å². The Morgan fingerprint density at radius 2 is 2.27 bits per heavy atom. The summed E-state index contributed by atoms with van der Waals surface area (Å²) in [4.78, 5) is 0. The molecule has 2 heteroatoms. The van der Waals surface area contributed by atoms with Gasteiger partial charge < -0.3 is 11.1 Å². The van der Waals surface area contributed by atoms with E-state index >= 15 is 0 Å². The average Bonchev–Trinajstić information content (AvgIpc) is 2.90. The maximum Gasteiger partial charge on any atom is 0.0316 e. The lowest BCUT2D eigenvalue weighted by Gasteiger charge is -2.04. The molecule has 0 spiro atoms. The quantitative estimate of drug-likeness (QED) is 0.570. The van der Waals surface area contributed by atoms with Gasteiger partial charge in [0.15, 0.2) is 0 Å². The van der Waals surface area contributed by atoms with Crippen LogP contribution in [0, 0.1) is 5.92 Å². The summed E-state index contributed by atoms with van der Waals surface area (Å²) >= 11 is 0. The van der Waals surface area contributed by atoms with Crippen molar-refractivity contribution in [1.29, 1.82) is 0 Å². The number of nitrogens with one attached hydrogen (secondary N) is 1. The van der Waals surface area contributed by atoms with Crippen LogP contribution in [0.25, 0.3) is 0 Å². The highest BCUT2D eigenvalue weighted by Crippen LogP contribution is 2.28. The number of anilines is 1. The molecule has 0 aliphatic heterocycles. The molecule has 0 amide bonds. The van der Waals surface area contributed by atoms with Gasteiger partial charge in [0.1, 0.15) is 0 Å². The van der Waals surface area contributed by atoms with Crippen LogP contribution in [-0.2, 0) is 6.42 Å². The van der Waals surface area contributed by atoms with E-state index in [9.17, 15) is 0 Å². The molecular formula is C13H20N2. The average molecular weight is 204 g/mol. The van der Waals surface area contributed by atoms with Crippen LogP contribution in [0.1, 0.15) is 25.3 Å². The molecule has 2 unspecified atom stereocenters. The zero-order valence-corrected chi connectivity index (χ0v) is 9.37. The fraction of sp³-hybridized carbons (Fsp3) is 0.538.